The predicted molar refractivity (Wildman–Crippen MR) is 95.1 cm³/mol. The number of hydrogen-bond donors (Lipinski definition) is 2. The van der Waals surface area contributed by atoms with E-state index in [0.29, 0.717) is 31.7 Å². The Morgan fingerprint density at radius 2 is 2.23 bits per heavy atom. The lowest BCUT2D eigenvalue weighted by Gasteiger charge is -2.39. The second-order valence-electron chi connectivity index (χ2n) is 6.94. The smallest absolute Gasteiger partial charge is 0.245 e. The monoisotopic (exact) mass is 378 g/mol. The van der Waals surface area contributed by atoms with Crippen molar-refractivity contribution >= 4 is 26.8 Å². The lowest BCUT2D eigenvalue weighted by Crippen LogP contribution is -2.59. The van der Waals surface area contributed by atoms with E-state index in [9.17, 15) is 13.2 Å². The normalized spacial score (nSPS) is 24.3. The zero-order valence-electron chi connectivity index (χ0n) is 14.6. The van der Waals surface area contributed by atoms with Gasteiger partial charge in [-0.3, -0.25) is 9.89 Å². The largest absolute Gasteiger partial charge is 0.379 e. The Morgan fingerprint density at radius 1 is 1.38 bits per heavy atom. The van der Waals surface area contributed by atoms with Crippen LogP contribution in [-0.4, -0.2) is 60.7 Å². The van der Waals surface area contributed by atoms with Gasteiger partial charge in [0.1, 0.15) is 10.9 Å². The first kappa shape index (κ1) is 17.4. The van der Waals surface area contributed by atoms with Gasteiger partial charge < -0.3 is 10.1 Å². The highest BCUT2D eigenvalue weighted by Crippen LogP contribution is 2.31. The zero-order valence-corrected chi connectivity index (χ0v) is 15.4. The van der Waals surface area contributed by atoms with Crippen LogP contribution in [0.2, 0.25) is 0 Å². The second kappa shape index (κ2) is 6.64. The maximum absolute atomic E-state index is 13.2. The standard InChI is InChI=1S/C17H22N4O4S/c1-11-7-12-9-18-20-16(12)15(8-11)26(23,24)21-5-4-14(21)17(22)19-13-3-2-6-25-10-13/h7-9,13-14H,2-6,10H2,1H3,(H,18,20)(H,19,22)/t13-,14-/m0/s1. The quantitative estimate of drug-likeness (QED) is 0.824. The molecule has 26 heavy (non-hydrogen) atoms. The van der Waals surface area contributed by atoms with E-state index in [1.807, 2.05) is 13.0 Å². The Balaban J connectivity index is 1.57. The van der Waals surface area contributed by atoms with E-state index in [-0.39, 0.29) is 16.8 Å². The minimum atomic E-state index is -3.79. The van der Waals surface area contributed by atoms with Gasteiger partial charge in [0.25, 0.3) is 0 Å². The Labute approximate surface area is 151 Å². The van der Waals surface area contributed by atoms with Crippen LogP contribution in [0, 0.1) is 6.92 Å². The molecule has 3 heterocycles. The molecule has 2 aromatic rings. The average Bonchev–Trinajstić information content (AvgIpc) is 3.01. The summed E-state index contributed by atoms with van der Waals surface area (Å²) in [6, 6.07) is 2.79. The van der Waals surface area contributed by atoms with E-state index in [0.717, 1.165) is 23.8 Å². The van der Waals surface area contributed by atoms with E-state index in [2.05, 4.69) is 15.5 Å². The van der Waals surface area contributed by atoms with Crippen LogP contribution in [0.1, 0.15) is 24.8 Å². The molecule has 9 heteroatoms. The molecule has 2 atom stereocenters. The first-order valence-electron chi connectivity index (χ1n) is 8.80. The number of nitrogens with one attached hydrogen (secondary N) is 2. The van der Waals surface area contributed by atoms with Crippen LogP contribution < -0.4 is 5.32 Å². The summed E-state index contributed by atoms with van der Waals surface area (Å²) in [4.78, 5) is 12.7. The van der Waals surface area contributed by atoms with E-state index >= 15 is 0 Å². The zero-order chi connectivity index (χ0) is 18.3. The van der Waals surface area contributed by atoms with Crippen LogP contribution in [0.5, 0.6) is 0 Å². The lowest BCUT2D eigenvalue weighted by molar-refractivity contribution is -0.129. The molecule has 0 aliphatic carbocycles. The molecule has 0 spiro atoms. The number of nitrogens with zero attached hydrogens (tertiary/aromatic N) is 2. The molecule has 1 aromatic carbocycles. The number of amides is 1. The number of hydrogen-bond acceptors (Lipinski definition) is 5. The van der Waals surface area contributed by atoms with Gasteiger partial charge >= 0.3 is 0 Å². The van der Waals surface area contributed by atoms with Crippen molar-refractivity contribution in [2.75, 3.05) is 19.8 Å². The van der Waals surface area contributed by atoms with Gasteiger partial charge in [0, 0.05) is 18.5 Å². The van der Waals surface area contributed by atoms with Crippen molar-refractivity contribution in [3.63, 3.8) is 0 Å². The number of aryl methyl sites for hydroxylation is 1. The Kier molecular flexibility index (Phi) is 4.45. The molecule has 2 saturated heterocycles. The van der Waals surface area contributed by atoms with Crippen LogP contribution >= 0.6 is 0 Å². The molecule has 0 unspecified atom stereocenters. The van der Waals surface area contributed by atoms with Crippen molar-refractivity contribution in [2.45, 2.75) is 43.2 Å². The van der Waals surface area contributed by atoms with Crippen LogP contribution in [0.4, 0.5) is 0 Å². The highest BCUT2D eigenvalue weighted by Gasteiger charge is 2.44. The van der Waals surface area contributed by atoms with Crippen molar-refractivity contribution < 1.29 is 17.9 Å². The minimum absolute atomic E-state index is 0.0420. The lowest BCUT2D eigenvalue weighted by atomic mass is 10.0. The van der Waals surface area contributed by atoms with E-state index in [4.69, 9.17) is 4.74 Å². The number of carbonyl (C=O) groups is 1. The first-order valence-corrected chi connectivity index (χ1v) is 10.2. The maximum atomic E-state index is 13.2. The number of H-pyrrole nitrogens is 1. The van der Waals surface area contributed by atoms with Gasteiger partial charge in [-0.1, -0.05) is 0 Å². The van der Waals surface area contributed by atoms with Gasteiger partial charge in [0.15, 0.2) is 0 Å². The van der Waals surface area contributed by atoms with Crippen molar-refractivity contribution in [3.05, 3.63) is 23.9 Å². The Bertz CT molecular complexity index is 933. The van der Waals surface area contributed by atoms with Gasteiger partial charge in [0.05, 0.1) is 24.4 Å². The highest BCUT2D eigenvalue weighted by molar-refractivity contribution is 7.89. The summed E-state index contributed by atoms with van der Waals surface area (Å²) < 4.78 is 33.0. The van der Waals surface area contributed by atoms with Crippen LogP contribution in [-0.2, 0) is 19.6 Å². The molecular formula is C17H22N4O4S. The molecular weight excluding hydrogens is 356 g/mol. The number of carbonyl (C=O) groups excluding carboxylic acids is 1. The maximum Gasteiger partial charge on any atom is 0.245 e. The number of benzene rings is 1. The van der Waals surface area contributed by atoms with Crippen molar-refractivity contribution in [1.82, 2.24) is 19.8 Å². The molecule has 0 radical (unpaired) electrons. The molecule has 2 N–H and O–H groups in total. The second-order valence-corrected chi connectivity index (χ2v) is 8.80. The summed E-state index contributed by atoms with van der Waals surface area (Å²) in [7, 11) is -3.79. The summed E-state index contributed by atoms with van der Waals surface area (Å²) in [6.07, 6.45) is 3.89. The third-order valence-electron chi connectivity index (χ3n) is 5.02. The SMILES string of the molecule is Cc1cc(S(=O)(=O)N2CC[C@H]2C(=O)N[C@H]2CCCOC2)c2[nH]ncc2c1. The van der Waals surface area contributed by atoms with Gasteiger partial charge in [0.2, 0.25) is 15.9 Å². The number of fused-ring (bicyclic) bond motifs is 1. The summed E-state index contributed by atoms with van der Waals surface area (Å²) in [6.45, 7) is 3.38. The summed E-state index contributed by atoms with van der Waals surface area (Å²) in [5, 5.41) is 10.4. The molecule has 1 aromatic heterocycles. The van der Waals surface area contributed by atoms with Crippen molar-refractivity contribution in [2.24, 2.45) is 0 Å². The number of rotatable bonds is 4. The van der Waals surface area contributed by atoms with Gasteiger partial charge in [-0.15, -0.1) is 0 Å². The molecule has 4 rings (SSSR count). The molecule has 1 amide bonds. The average molecular weight is 378 g/mol. The van der Waals surface area contributed by atoms with Gasteiger partial charge in [-0.25, -0.2) is 8.42 Å². The third kappa shape index (κ3) is 3.00. The highest BCUT2D eigenvalue weighted by atomic mass is 32.2. The number of ether oxygens (including phenoxy) is 1. The Hall–Kier alpha value is -1.97. The molecule has 0 saturated carbocycles. The predicted octanol–water partition coefficient (Wildman–Crippen LogP) is 0.930. The number of aromatic amines is 1. The van der Waals surface area contributed by atoms with Crippen LogP contribution in [0.25, 0.3) is 10.9 Å². The molecule has 8 nitrogen and oxygen atoms in total. The van der Waals surface area contributed by atoms with Crippen molar-refractivity contribution in [1.29, 1.82) is 0 Å². The molecule has 140 valence electrons. The molecule has 2 aliphatic heterocycles. The van der Waals surface area contributed by atoms with Gasteiger partial charge in [-0.2, -0.15) is 9.40 Å². The number of sulfonamides is 1. The van der Waals surface area contributed by atoms with Crippen LogP contribution in [0.15, 0.2) is 23.2 Å². The topological polar surface area (TPSA) is 104 Å². The first-order chi connectivity index (χ1) is 12.5. The van der Waals surface area contributed by atoms with Crippen LogP contribution in [0.3, 0.4) is 0 Å². The van der Waals surface area contributed by atoms with Crippen molar-refractivity contribution in [3.8, 4) is 0 Å². The molecule has 2 fully saturated rings. The third-order valence-corrected chi connectivity index (χ3v) is 6.96. The summed E-state index contributed by atoms with van der Waals surface area (Å²) >= 11 is 0. The Morgan fingerprint density at radius 3 is 2.92 bits per heavy atom. The van der Waals surface area contributed by atoms with Gasteiger partial charge in [-0.05, 0) is 43.9 Å². The summed E-state index contributed by atoms with van der Waals surface area (Å²) in [5.74, 6) is -0.246. The van der Waals surface area contributed by atoms with E-state index in [1.54, 1.807) is 12.3 Å². The molecule has 2 aliphatic rings. The fourth-order valence-electron chi connectivity index (χ4n) is 3.56. The minimum Gasteiger partial charge on any atom is -0.379 e. The summed E-state index contributed by atoms with van der Waals surface area (Å²) in [5.41, 5.74) is 1.31. The number of aromatic nitrogens is 2. The van der Waals surface area contributed by atoms with E-state index < -0.39 is 16.1 Å². The fraction of sp³-hybridized carbons (Fsp3) is 0.529. The van der Waals surface area contributed by atoms with E-state index in [1.165, 1.54) is 4.31 Å². The molecule has 0 bridgehead atoms. The fourth-order valence-corrected chi connectivity index (χ4v) is 5.45.